The number of aromatic nitrogens is 1. The zero-order valence-electron chi connectivity index (χ0n) is 17.6. The number of phenolic OH excluding ortho intramolecular Hbond substituents is 1. The van der Waals surface area contributed by atoms with Gasteiger partial charge in [-0.25, -0.2) is 4.39 Å². The second-order valence-electron chi connectivity index (χ2n) is 7.33. The van der Waals surface area contributed by atoms with E-state index in [9.17, 15) is 23.9 Å². The number of carbonyl (C=O) groups excluding carboxylic acids is 3. The van der Waals surface area contributed by atoms with Gasteiger partial charge in [-0.3, -0.25) is 19.4 Å². The number of hydrogen-bond donors (Lipinski definition) is 4. The fraction of sp³-hybridized carbons (Fsp3) is 0.167. The molecule has 3 aromatic rings. The molecule has 0 aliphatic carbocycles. The van der Waals surface area contributed by atoms with Gasteiger partial charge in [0.15, 0.2) is 5.78 Å². The molecular weight excluding hydrogens is 427 g/mol. The van der Waals surface area contributed by atoms with Gasteiger partial charge in [-0.05, 0) is 55.4 Å². The van der Waals surface area contributed by atoms with Gasteiger partial charge in [0, 0.05) is 41.7 Å². The van der Waals surface area contributed by atoms with Crippen LogP contribution in [0.25, 0.3) is 0 Å². The maximum absolute atomic E-state index is 13.1. The fourth-order valence-corrected chi connectivity index (χ4v) is 3.18. The molecule has 1 aliphatic rings. The van der Waals surface area contributed by atoms with Crippen LogP contribution in [0.4, 0.5) is 4.39 Å². The number of rotatable bonds is 5. The largest absolute Gasteiger partial charge is 0.507 e. The van der Waals surface area contributed by atoms with Gasteiger partial charge in [0.05, 0.1) is 5.56 Å². The zero-order chi connectivity index (χ0) is 23.8. The number of aromatic hydroxyl groups is 1. The maximum Gasteiger partial charge on any atom is 0.251 e. The number of benzene rings is 2. The fourth-order valence-electron chi connectivity index (χ4n) is 3.18. The number of ketones is 1. The molecule has 2 amide bonds. The number of nitrogens with zero attached hydrogens (tertiary/aromatic N) is 1. The number of hydrogen-bond acceptors (Lipinski definition) is 6. The van der Waals surface area contributed by atoms with E-state index < -0.39 is 17.5 Å². The van der Waals surface area contributed by atoms with Crippen molar-refractivity contribution >= 4 is 17.6 Å². The third kappa shape index (κ3) is 6.44. The predicted octanol–water partition coefficient (Wildman–Crippen LogP) is 2.03. The Morgan fingerprint density at radius 1 is 1.00 bits per heavy atom. The molecule has 0 unspecified atom stereocenters. The molecule has 1 saturated heterocycles. The van der Waals surface area contributed by atoms with E-state index in [1.807, 2.05) is 0 Å². The highest BCUT2D eigenvalue weighted by Crippen LogP contribution is 2.21. The lowest BCUT2D eigenvalue weighted by Crippen LogP contribution is -2.36. The van der Waals surface area contributed by atoms with Gasteiger partial charge >= 0.3 is 0 Å². The number of carbonyl (C=O) groups is 3. The third-order valence-corrected chi connectivity index (χ3v) is 4.97. The SMILES string of the molecule is NC(=O)c1ccc(C(=O)c2cc(F)ccc2O)cc1.O=C(N[C@H]1CCNC1)c1ccncc1. The molecule has 4 rings (SSSR count). The molecule has 33 heavy (non-hydrogen) atoms. The number of pyridine rings is 1. The zero-order valence-corrected chi connectivity index (χ0v) is 17.6. The minimum Gasteiger partial charge on any atom is -0.507 e. The Hall–Kier alpha value is -4.11. The van der Waals surface area contributed by atoms with Gasteiger partial charge in [0.2, 0.25) is 5.91 Å². The highest BCUT2D eigenvalue weighted by molar-refractivity contribution is 6.11. The van der Waals surface area contributed by atoms with Gasteiger partial charge in [-0.15, -0.1) is 0 Å². The smallest absolute Gasteiger partial charge is 0.251 e. The predicted molar refractivity (Wildman–Crippen MR) is 119 cm³/mol. The molecule has 1 fully saturated rings. The van der Waals surface area contributed by atoms with Crippen LogP contribution in [0.15, 0.2) is 67.0 Å². The Balaban J connectivity index is 0.000000194. The summed E-state index contributed by atoms with van der Waals surface area (Å²) in [6.45, 7) is 1.86. The molecule has 1 aromatic heterocycles. The Morgan fingerprint density at radius 3 is 2.27 bits per heavy atom. The van der Waals surface area contributed by atoms with Crippen LogP contribution in [0.5, 0.6) is 5.75 Å². The van der Waals surface area contributed by atoms with Crippen LogP contribution in [0.3, 0.4) is 0 Å². The first kappa shape index (κ1) is 23.6. The highest BCUT2D eigenvalue weighted by atomic mass is 19.1. The van der Waals surface area contributed by atoms with Gasteiger partial charge in [0.25, 0.3) is 5.91 Å². The molecule has 0 saturated carbocycles. The summed E-state index contributed by atoms with van der Waals surface area (Å²) >= 11 is 0. The molecule has 1 atom stereocenters. The average Bonchev–Trinajstić information content (AvgIpc) is 3.34. The standard InChI is InChI=1S/C14H10FNO3.C10H13N3O/c15-10-5-6-12(17)11(7-10)13(18)8-1-3-9(4-2-8)14(16)19;14-10(8-1-4-11-5-2-8)13-9-3-6-12-7-9/h1-7,17H,(H2,16,19);1-2,4-5,9,12H,3,6-7H2,(H,13,14)/t;9-/m.0/s1. The van der Waals surface area contributed by atoms with Gasteiger partial charge in [0.1, 0.15) is 11.6 Å². The van der Waals surface area contributed by atoms with Crippen LogP contribution < -0.4 is 16.4 Å². The summed E-state index contributed by atoms with van der Waals surface area (Å²) in [4.78, 5) is 38.5. The topological polar surface area (TPSA) is 134 Å². The second-order valence-corrected chi connectivity index (χ2v) is 7.33. The highest BCUT2D eigenvalue weighted by Gasteiger charge is 2.17. The van der Waals surface area contributed by atoms with E-state index in [1.54, 1.807) is 24.5 Å². The van der Waals surface area contributed by atoms with Crippen molar-refractivity contribution < 1.29 is 23.9 Å². The summed E-state index contributed by atoms with van der Waals surface area (Å²) in [7, 11) is 0. The summed E-state index contributed by atoms with van der Waals surface area (Å²) in [5.41, 5.74) is 6.11. The minimum absolute atomic E-state index is 0.0129. The van der Waals surface area contributed by atoms with Gasteiger partial charge < -0.3 is 21.5 Å². The van der Waals surface area contributed by atoms with E-state index in [2.05, 4.69) is 15.6 Å². The van der Waals surface area contributed by atoms with Crippen molar-refractivity contribution in [2.24, 2.45) is 5.73 Å². The molecule has 0 radical (unpaired) electrons. The van der Waals surface area contributed by atoms with E-state index >= 15 is 0 Å². The Morgan fingerprint density at radius 2 is 1.67 bits per heavy atom. The van der Waals surface area contributed by atoms with Crippen molar-refractivity contribution in [3.63, 3.8) is 0 Å². The molecule has 170 valence electrons. The van der Waals surface area contributed by atoms with Crippen LogP contribution in [0, 0.1) is 5.82 Å². The molecule has 2 heterocycles. The normalized spacial score (nSPS) is 14.6. The molecule has 0 spiro atoms. The second kappa shape index (κ2) is 11.0. The van der Waals surface area contributed by atoms with E-state index in [0.717, 1.165) is 37.7 Å². The molecule has 9 heteroatoms. The lowest BCUT2D eigenvalue weighted by Gasteiger charge is -2.10. The molecule has 5 N–H and O–H groups in total. The first-order chi connectivity index (χ1) is 15.8. The Bertz CT molecular complexity index is 1130. The number of nitrogens with two attached hydrogens (primary N) is 1. The lowest BCUT2D eigenvalue weighted by atomic mass is 10.0. The third-order valence-electron chi connectivity index (χ3n) is 4.97. The van der Waals surface area contributed by atoms with Crippen LogP contribution >= 0.6 is 0 Å². The number of amides is 2. The van der Waals surface area contributed by atoms with E-state index in [4.69, 9.17) is 5.73 Å². The molecule has 1 aliphatic heterocycles. The number of primary amides is 1. The monoisotopic (exact) mass is 450 g/mol. The number of nitrogens with one attached hydrogen (secondary N) is 2. The Kier molecular flexibility index (Phi) is 7.82. The first-order valence-corrected chi connectivity index (χ1v) is 10.2. The minimum atomic E-state index is -0.616. The molecule has 0 bridgehead atoms. The summed E-state index contributed by atoms with van der Waals surface area (Å²) in [6, 6.07) is 12.4. The van der Waals surface area contributed by atoms with Crippen LogP contribution in [-0.2, 0) is 0 Å². The molecule has 2 aromatic carbocycles. The Labute approximate surface area is 189 Å². The molecule has 8 nitrogen and oxygen atoms in total. The van der Waals surface area contributed by atoms with E-state index in [1.165, 1.54) is 24.3 Å². The number of halogens is 1. The summed E-state index contributed by atoms with van der Waals surface area (Å²) in [5, 5.41) is 15.7. The van der Waals surface area contributed by atoms with Crippen LogP contribution in [-0.4, -0.2) is 46.8 Å². The maximum atomic E-state index is 13.1. The van der Waals surface area contributed by atoms with Crippen molar-refractivity contribution in [1.29, 1.82) is 0 Å². The van der Waals surface area contributed by atoms with Crippen molar-refractivity contribution in [1.82, 2.24) is 15.6 Å². The van der Waals surface area contributed by atoms with Crippen molar-refractivity contribution in [3.8, 4) is 5.75 Å². The molecular formula is C24H23FN4O4. The number of phenols is 1. The lowest BCUT2D eigenvalue weighted by molar-refractivity contribution is 0.0938. The average molecular weight is 450 g/mol. The van der Waals surface area contributed by atoms with Crippen molar-refractivity contribution in [2.75, 3.05) is 13.1 Å². The van der Waals surface area contributed by atoms with E-state index in [0.29, 0.717) is 5.56 Å². The van der Waals surface area contributed by atoms with Gasteiger partial charge in [-0.1, -0.05) is 12.1 Å². The van der Waals surface area contributed by atoms with Crippen molar-refractivity contribution in [2.45, 2.75) is 12.5 Å². The van der Waals surface area contributed by atoms with E-state index in [-0.39, 0.29) is 34.4 Å². The summed E-state index contributed by atoms with van der Waals surface area (Å²) in [6.07, 6.45) is 4.26. The summed E-state index contributed by atoms with van der Waals surface area (Å²) in [5.74, 6) is -2.07. The quantitative estimate of drug-likeness (QED) is 0.440. The summed E-state index contributed by atoms with van der Waals surface area (Å²) < 4.78 is 13.1. The van der Waals surface area contributed by atoms with Crippen molar-refractivity contribution in [3.05, 3.63) is 95.1 Å². The van der Waals surface area contributed by atoms with Gasteiger partial charge in [-0.2, -0.15) is 0 Å². The van der Waals surface area contributed by atoms with Crippen LogP contribution in [0.2, 0.25) is 0 Å². The van der Waals surface area contributed by atoms with Crippen LogP contribution in [0.1, 0.15) is 43.1 Å². The first-order valence-electron chi connectivity index (χ1n) is 10.2.